The van der Waals surface area contributed by atoms with Crippen molar-refractivity contribution in [2.45, 2.75) is 65.3 Å². The van der Waals surface area contributed by atoms with Crippen LogP contribution in [0.15, 0.2) is 60.7 Å². The molecule has 2 aromatic carbocycles. The van der Waals surface area contributed by atoms with Gasteiger partial charge in [0.05, 0.1) is 30.7 Å². The van der Waals surface area contributed by atoms with Crippen LogP contribution in [0.1, 0.15) is 57.1 Å². The van der Waals surface area contributed by atoms with E-state index in [1.165, 1.54) is 0 Å². The molecule has 0 aliphatic heterocycles. The lowest BCUT2D eigenvalue weighted by atomic mass is 9.67. The van der Waals surface area contributed by atoms with E-state index >= 15 is 0 Å². The maximum Gasteiger partial charge on any atom is 0.312 e. The lowest BCUT2D eigenvalue weighted by Gasteiger charge is -2.37. The number of rotatable bonds is 11. The Morgan fingerprint density at radius 1 is 0.970 bits per heavy atom. The maximum atomic E-state index is 13.4. The van der Waals surface area contributed by atoms with E-state index in [-0.39, 0.29) is 25.4 Å². The average Bonchev–Trinajstić information content (AvgIpc) is 2.86. The van der Waals surface area contributed by atoms with Crippen LogP contribution < -0.4 is 0 Å². The third-order valence-electron chi connectivity index (χ3n) is 6.98. The van der Waals surface area contributed by atoms with Crippen LogP contribution in [-0.2, 0) is 32.3 Å². The summed E-state index contributed by atoms with van der Waals surface area (Å²) in [6.07, 6.45) is 2.66. The van der Waals surface area contributed by atoms with E-state index in [0.717, 1.165) is 24.0 Å². The summed E-state index contributed by atoms with van der Waals surface area (Å²) in [7, 11) is 0. The number of benzene rings is 2. The molecule has 3 rings (SSSR count). The van der Waals surface area contributed by atoms with Crippen molar-refractivity contribution >= 4 is 11.8 Å². The molecule has 5 nitrogen and oxygen atoms in total. The second kappa shape index (κ2) is 12.1. The first kappa shape index (κ1) is 25.1. The number of ketones is 1. The number of aliphatic hydroxyl groups excluding tert-OH is 1. The van der Waals surface area contributed by atoms with Crippen molar-refractivity contribution in [1.29, 1.82) is 0 Å². The van der Waals surface area contributed by atoms with Gasteiger partial charge in [0.15, 0.2) is 0 Å². The average molecular weight is 453 g/mol. The van der Waals surface area contributed by atoms with Crippen LogP contribution in [0.25, 0.3) is 0 Å². The SMILES string of the molecule is CC1CCC(CO)(C(=O)C[C@H](C(=O)OCc2ccccc2)[C@@H](C)OCc2ccccc2)CC1. The number of esters is 1. The third kappa shape index (κ3) is 6.99. The molecule has 178 valence electrons. The standard InChI is InChI=1S/C28H36O5/c1-21-13-15-28(20-29,16-14-21)26(30)17-25(22(2)32-18-23-9-5-3-6-10-23)27(31)33-19-24-11-7-4-8-12-24/h3-12,21-22,25,29H,13-20H2,1-2H3/t21?,22-,25+,28?/m1/s1. The van der Waals surface area contributed by atoms with E-state index in [9.17, 15) is 14.7 Å². The Kier molecular flexibility index (Phi) is 9.21. The molecule has 2 aromatic rings. The van der Waals surface area contributed by atoms with Crippen molar-refractivity contribution in [3.8, 4) is 0 Å². The number of carbonyl (C=O) groups is 2. The zero-order chi connectivity index (χ0) is 23.7. The Hall–Kier alpha value is -2.50. The zero-order valence-electron chi connectivity index (χ0n) is 19.7. The number of hydrogen-bond donors (Lipinski definition) is 1. The topological polar surface area (TPSA) is 72.8 Å². The first-order chi connectivity index (χ1) is 15.9. The monoisotopic (exact) mass is 452 g/mol. The van der Waals surface area contributed by atoms with E-state index in [4.69, 9.17) is 9.47 Å². The molecule has 33 heavy (non-hydrogen) atoms. The first-order valence-electron chi connectivity index (χ1n) is 11.9. The van der Waals surface area contributed by atoms with E-state index in [2.05, 4.69) is 6.92 Å². The molecule has 0 aromatic heterocycles. The van der Waals surface area contributed by atoms with Gasteiger partial charge in [0.1, 0.15) is 12.4 Å². The number of carbonyl (C=O) groups excluding carboxylic acids is 2. The Balaban J connectivity index is 1.70. The molecular formula is C28H36O5. The van der Waals surface area contributed by atoms with E-state index in [0.29, 0.717) is 25.4 Å². The zero-order valence-corrected chi connectivity index (χ0v) is 19.7. The Labute approximate surface area is 197 Å². The Morgan fingerprint density at radius 3 is 2.06 bits per heavy atom. The van der Waals surface area contributed by atoms with Crippen molar-refractivity contribution in [3.05, 3.63) is 71.8 Å². The minimum atomic E-state index is -0.760. The van der Waals surface area contributed by atoms with Gasteiger partial charge in [-0.25, -0.2) is 0 Å². The first-order valence-corrected chi connectivity index (χ1v) is 11.9. The van der Waals surface area contributed by atoms with Gasteiger partial charge in [0.25, 0.3) is 0 Å². The smallest absolute Gasteiger partial charge is 0.312 e. The van der Waals surface area contributed by atoms with Crippen LogP contribution in [0.4, 0.5) is 0 Å². The number of aliphatic hydroxyl groups is 1. The van der Waals surface area contributed by atoms with Crippen LogP contribution in [0.2, 0.25) is 0 Å². The van der Waals surface area contributed by atoms with Gasteiger partial charge in [0.2, 0.25) is 0 Å². The molecule has 0 radical (unpaired) electrons. The lowest BCUT2D eigenvalue weighted by Crippen LogP contribution is -2.42. The summed E-state index contributed by atoms with van der Waals surface area (Å²) in [5.74, 6) is -0.677. The highest BCUT2D eigenvalue weighted by molar-refractivity contribution is 5.89. The molecule has 0 unspecified atom stereocenters. The fourth-order valence-corrected chi connectivity index (χ4v) is 4.45. The van der Waals surface area contributed by atoms with Gasteiger partial charge in [-0.3, -0.25) is 9.59 Å². The second-order valence-corrected chi connectivity index (χ2v) is 9.45. The molecule has 1 fully saturated rings. The molecule has 0 saturated heterocycles. The van der Waals surface area contributed by atoms with Crippen molar-refractivity contribution in [3.63, 3.8) is 0 Å². The summed E-state index contributed by atoms with van der Waals surface area (Å²) in [5.41, 5.74) is 1.13. The van der Waals surface area contributed by atoms with Crippen molar-refractivity contribution in [2.24, 2.45) is 17.3 Å². The van der Waals surface area contributed by atoms with Gasteiger partial charge in [-0.05, 0) is 49.7 Å². The lowest BCUT2D eigenvalue weighted by molar-refractivity contribution is -0.159. The molecule has 5 heteroatoms. The fraction of sp³-hybridized carbons (Fsp3) is 0.500. The summed E-state index contributed by atoms with van der Waals surface area (Å²) < 4.78 is 11.6. The minimum absolute atomic E-state index is 0.0124. The minimum Gasteiger partial charge on any atom is -0.461 e. The number of Topliss-reactive ketones (excluding diaryl/α,β-unsaturated/α-hetero) is 1. The predicted octanol–water partition coefficient (Wildman–Crippen LogP) is 5.10. The maximum absolute atomic E-state index is 13.4. The molecule has 0 heterocycles. The van der Waals surface area contributed by atoms with Crippen molar-refractivity contribution in [2.75, 3.05) is 6.61 Å². The van der Waals surface area contributed by atoms with Gasteiger partial charge in [-0.2, -0.15) is 0 Å². The second-order valence-electron chi connectivity index (χ2n) is 9.45. The molecule has 1 aliphatic carbocycles. The molecule has 1 aliphatic rings. The van der Waals surface area contributed by atoms with Gasteiger partial charge >= 0.3 is 5.97 Å². The van der Waals surface area contributed by atoms with Gasteiger partial charge in [-0.15, -0.1) is 0 Å². The van der Waals surface area contributed by atoms with Crippen LogP contribution in [0.3, 0.4) is 0 Å². The van der Waals surface area contributed by atoms with Gasteiger partial charge in [0, 0.05) is 6.42 Å². The Morgan fingerprint density at radius 2 is 1.52 bits per heavy atom. The molecule has 0 amide bonds. The molecule has 0 bridgehead atoms. The third-order valence-corrected chi connectivity index (χ3v) is 6.98. The fourth-order valence-electron chi connectivity index (χ4n) is 4.45. The normalized spacial score (nSPS) is 22.3. The largest absolute Gasteiger partial charge is 0.461 e. The van der Waals surface area contributed by atoms with Crippen molar-refractivity contribution in [1.82, 2.24) is 0 Å². The van der Waals surface area contributed by atoms with Gasteiger partial charge in [-0.1, -0.05) is 67.6 Å². The highest BCUT2D eigenvalue weighted by atomic mass is 16.5. The summed E-state index contributed by atoms with van der Waals surface area (Å²) >= 11 is 0. The molecule has 1 saturated carbocycles. The van der Waals surface area contributed by atoms with E-state index in [1.54, 1.807) is 0 Å². The van der Waals surface area contributed by atoms with Gasteiger partial charge < -0.3 is 14.6 Å². The quantitative estimate of drug-likeness (QED) is 0.480. The summed E-state index contributed by atoms with van der Waals surface area (Å²) in [5, 5.41) is 10.1. The Bertz CT molecular complexity index is 872. The number of hydrogen-bond acceptors (Lipinski definition) is 5. The van der Waals surface area contributed by atoms with Crippen LogP contribution in [-0.4, -0.2) is 29.6 Å². The van der Waals surface area contributed by atoms with Crippen LogP contribution >= 0.6 is 0 Å². The van der Waals surface area contributed by atoms with E-state index in [1.807, 2.05) is 67.6 Å². The van der Waals surface area contributed by atoms with Crippen LogP contribution in [0.5, 0.6) is 0 Å². The molecule has 0 spiro atoms. The summed E-state index contributed by atoms with van der Waals surface area (Å²) in [6, 6.07) is 19.2. The summed E-state index contributed by atoms with van der Waals surface area (Å²) in [6.45, 7) is 4.32. The molecule has 2 atom stereocenters. The highest BCUT2D eigenvalue weighted by Crippen LogP contribution is 2.41. The highest BCUT2D eigenvalue weighted by Gasteiger charge is 2.43. The summed E-state index contributed by atoms with van der Waals surface area (Å²) in [4.78, 5) is 26.5. The number of ether oxygens (including phenoxy) is 2. The molecule has 1 N–H and O–H groups in total. The predicted molar refractivity (Wildman–Crippen MR) is 127 cm³/mol. The molecular weight excluding hydrogens is 416 g/mol. The van der Waals surface area contributed by atoms with Crippen LogP contribution in [0, 0.1) is 17.3 Å². The van der Waals surface area contributed by atoms with Crippen molar-refractivity contribution < 1.29 is 24.2 Å². The van der Waals surface area contributed by atoms with E-state index < -0.39 is 23.4 Å².